The van der Waals surface area contributed by atoms with Gasteiger partial charge in [-0.1, -0.05) is 0 Å². The number of aryl methyl sites for hydroxylation is 1. The first-order valence-corrected chi connectivity index (χ1v) is 15.9. The second kappa shape index (κ2) is 4.76. The molecule has 88 valence electrons. The zero-order valence-electron chi connectivity index (χ0n) is 10.9. The molecule has 0 saturated heterocycles. The van der Waals surface area contributed by atoms with Crippen LogP contribution in [0, 0.1) is 6.92 Å². The van der Waals surface area contributed by atoms with Crippen LogP contribution in [-0.4, -0.2) is 28.3 Å². The van der Waals surface area contributed by atoms with Crippen molar-refractivity contribution in [1.82, 2.24) is 9.97 Å². The maximum absolute atomic E-state index is 4.77. The number of hydrogen-bond donors (Lipinski definition) is 0. The third kappa shape index (κ3) is 3.06. The number of pyridine rings is 2. The molecule has 3 heteroatoms. The fourth-order valence-corrected chi connectivity index (χ4v) is 4.62. The third-order valence-corrected chi connectivity index (χ3v) is 7.87. The van der Waals surface area contributed by atoms with Crippen LogP contribution < -0.4 is 3.71 Å². The molecule has 0 amide bonds. The Labute approximate surface area is 107 Å². The molecule has 0 aliphatic rings. The molecule has 0 aliphatic heterocycles. The zero-order valence-corrected chi connectivity index (χ0v) is 13.7. The molecule has 0 unspecified atom stereocenters. The Kier molecular flexibility index (Phi) is 3.52. The van der Waals surface area contributed by atoms with E-state index < -0.39 is 18.4 Å². The monoisotopic (exact) mass is 334 g/mol. The van der Waals surface area contributed by atoms with Crippen molar-refractivity contribution < 1.29 is 0 Å². The van der Waals surface area contributed by atoms with E-state index in [-0.39, 0.29) is 0 Å². The number of nitrogens with zero attached hydrogens (tertiary/aromatic N) is 2. The summed E-state index contributed by atoms with van der Waals surface area (Å²) in [6.45, 7) is 2.05. The average Bonchev–Trinajstić information content (AvgIpc) is 2.29. The fraction of sp³-hybridized carbons (Fsp3) is 0.286. The summed E-state index contributed by atoms with van der Waals surface area (Å²) in [6, 6.07) is 10.4. The summed E-state index contributed by atoms with van der Waals surface area (Å²) in [4.78, 5) is 16.3. The second-order valence-corrected chi connectivity index (χ2v) is 19.7. The second-order valence-electron chi connectivity index (χ2n) is 5.38. The van der Waals surface area contributed by atoms with Crippen LogP contribution in [0.15, 0.2) is 36.5 Å². The summed E-state index contributed by atoms with van der Waals surface area (Å²) >= 11 is -2.07. The van der Waals surface area contributed by atoms with E-state index in [2.05, 4.69) is 38.0 Å². The van der Waals surface area contributed by atoms with Gasteiger partial charge in [-0.3, -0.25) is 0 Å². The van der Waals surface area contributed by atoms with Crippen molar-refractivity contribution in [2.24, 2.45) is 0 Å². The van der Waals surface area contributed by atoms with Crippen molar-refractivity contribution in [1.29, 1.82) is 0 Å². The van der Waals surface area contributed by atoms with Gasteiger partial charge >= 0.3 is 107 Å². The first kappa shape index (κ1) is 12.6. The Hall–Kier alpha value is -0.901. The minimum absolute atomic E-state index is 0.966. The summed E-state index contributed by atoms with van der Waals surface area (Å²) in [7, 11) is 0. The molecule has 0 spiro atoms. The van der Waals surface area contributed by atoms with Crippen LogP contribution in [0.25, 0.3) is 11.4 Å². The van der Waals surface area contributed by atoms with E-state index in [9.17, 15) is 0 Å². The summed E-state index contributed by atoms with van der Waals surface area (Å²) < 4.78 is 1.30. The van der Waals surface area contributed by atoms with Gasteiger partial charge in [-0.15, -0.1) is 0 Å². The molecule has 0 fully saturated rings. The van der Waals surface area contributed by atoms with E-state index in [0.717, 1.165) is 11.4 Å². The van der Waals surface area contributed by atoms with Gasteiger partial charge in [0.25, 0.3) is 0 Å². The topological polar surface area (TPSA) is 25.8 Å². The molecule has 2 nitrogen and oxygen atoms in total. The minimum atomic E-state index is -2.07. The van der Waals surface area contributed by atoms with Crippen molar-refractivity contribution in [2.45, 2.75) is 21.7 Å². The van der Waals surface area contributed by atoms with Crippen LogP contribution in [0.3, 0.4) is 0 Å². The van der Waals surface area contributed by atoms with Crippen LogP contribution in [0.2, 0.25) is 14.8 Å². The van der Waals surface area contributed by atoms with Crippen molar-refractivity contribution in [3.8, 4) is 11.4 Å². The van der Waals surface area contributed by atoms with Crippen LogP contribution >= 0.6 is 0 Å². The van der Waals surface area contributed by atoms with E-state index >= 15 is 0 Å². The fourth-order valence-electron chi connectivity index (χ4n) is 1.61. The quantitative estimate of drug-likeness (QED) is 0.790. The molecular formula is C14H18N2Sn. The van der Waals surface area contributed by atoms with E-state index in [1.807, 2.05) is 25.3 Å². The Morgan fingerprint density at radius 3 is 2.29 bits per heavy atom. The maximum atomic E-state index is 4.77. The molecule has 0 atom stereocenters. The number of hydrogen-bond acceptors (Lipinski definition) is 2. The van der Waals surface area contributed by atoms with Gasteiger partial charge in [0, 0.05) is 0 Å². The van der Waals surface area contributed by atoms with Crippen molar-refractivity contribution in [3.63, 3.8) is 0 Å². The Morgan fingerprint density at radius 2 is 1.71 bits per heavy atom. The number of aromatic nitrogens is 2. The SMILES string of the molecule is Cc1ccc(-c2ccc[c]([Sn]([CH3])([CH3])[CH3])n2)nc1. The summed E-state index contributed by atoms with van der Waals surface area (Å²) in [5, 5.41) is 0. The standard InChI is InChI=1S/C11H9N2.3CH3.Sn/c1-9-5-6-11(13-8-9)10-4-2-3-7-12-10;;;;/h2-6,8H,1H3;3*1H3;. The zero-order chi connectivity index (χ0) is 12.5. The molecule has 2 aromatic rings. The van der Waals surface area contributed by atoms with Crippen molar-refractivity contribution in [3.05, 3.63) is 42.1 Å². The normalized spacial score (nSPS) is 11.5. The van der Waals surface area contributed by atoms with Gasteiger partial charge in [0.05, 0.1) is 0 Å². The van der Waals surface area contributed by atoms with E-state index in [1.165, 1.54) is 9.27 Å². The third-order valence-electron chi connectivity index (χ3n) is 2.69. The van der Waals surface area contributed by atoms with Gasteiger partial charge < -0.3 is 0 Å². The Balaban J connectivity index is 2.43. The van der Waals surface area contributed by atoms with E-state index in [4.69, 9.17) is 4.98 Å². The van der Waals surface area contributed by atoms with Gasteiger partial charge in [0.2, 0.25) is 0 Å². The Morgan fingerprint density at radius 1 is 0.941 bits per heavy atom. The van der Waals surface area contributed by atoms with E-state index in [1.54, 1.807) is 0 Å². The molecule has 0 radical (unpaired) electrons. The predicted octanol–water partition coefficient (Wildman–Crippen LogP) is 3.00. The molecule has 0 aromatic carbocycles. The first-order valence-electron chi connectivity index (χ1n) is 5.87. The molecule has 0 N–H and O–H groups in total. The summed E-state index contributed by atoms with van der Waals surface area (Å²) in [5.41, 5.74) is 3.14. The first-order chi connectivity index (χ1) is 7.97. The van der Waals surface area contributed by atoms with Crippen molar-refractivity contribution in [2.75, 3.05) is 0 Å². The molecule has 2 aromatic heterocycles. The molecule has 2 rings (SSSR count). The molecule has 0 aliphatic carbocycles. The molecular weight excluding hydrogens is 315 g/mol. The van der Waals surface area contributed by atoms with Crippen LogP contribution in [0.5, 0.6) is 0 Å². The van der Waals surface area contributed by atoms with Crippen LogP contribution in [-0.2, 0) is 0 Å². The van der Waals surface area contributed by atoms with Crippen LogP contribution in [0.4, 0.5) is 0 Å². The van der Waals surface area contributed by atoms with Gasteiger partial charge in [0.1, 0.15) is 0 Å². The molecule has 17 heavy (non-hydrogen) atoms. The van der Waals surface area contributed by atoms with Gasteiger partial charge in [-0.05, 0) is 0 Å². The van der Waals surface area contributed by atoms with Gasteiger partial charge in [-0.2, -0.15) is 0 Å². The number of rotatable bonds is 2. The van der Waals surface area contributed by atoms with Crippen molar-refractivity contribution >= 4 is 22.1 Å². The van der Waals surface area contributed by atoms with Crippen LogP contribution in [0.1, 0.15) is 5.56 Å². The average molecular weight is 333 g/mol. The predicted molar refractivity (Wildman–Crippen MR) is 75.2 cm³/mol. The molecule has 0 saturated carbocycles. The van der Waals surface area contributed by atoms with E-state index in [0.29, 0.717) is 0 Å². The van der Waals surface area contributed by atoms with Gasteiger partial charge in [0.15, 0.2) is 0 Å². The van der Waals surface area contributed by atoms with Gasteiger partial charge in [-0.25, -0.2) is 0 Å². The molecule has 0 bridgehead atoms. The summed E-state index contributed by atoms with van der Waals surface area (Å²) in [6.07, 6.45) is 1.89. The Bertz CT molecular complexity index is 512. The molecule has 2 heterocycles. The summed E-state index contributed by atoms with van der Waals surface area (Å²) in [5.74, 6) is 0.